The van der Waals surface area contributed by atoms with Gasteiger partial charge in [-0.3, -0.25) is 19.6 Å². The molecule has 1 atom stereocenters. The Hall–Kier alpha value is -3.93. The van der Waals surface area contributed by atoms with Crippen LogP contribution in [0.4, 0.5) is 0 Å². The summed E-state index contributed by atoms with van der Waals surface area (Å²) in [5.41, 5.74) is 3.61. The summed E-state index contributed by atoms with van der Waals surface area (Å²) in [7, 11) is 0. The minimum absolute atomic E-state index is 0.134. The van der Waals surface area contributed by atoms with E-state index in [1.807, 2.05) is 36.4 Å². The predicted octanol–water partition coefficient (Wildman–Crippen LogP) is 1.22. The number of hydroxylamine groups is 1. The van der Waals surface area contributed by atoms with E-state index in [0.29, 0.717) is 11.6 Å². The van der Waals surface area contributed by atoms with Crippen molar-refractivity contribution >= 4 is 23.8 Å². The van der Waals surface area contributed by atoms with E-state index in [4.69, 9.17) is 5.21 Å². The van der Waals surface area contributed by atoms with Crippen molar-refractivity contribution in [2.45, 2.75) is 24.9 Å². The monoisotopic (exact) mass is 446 g/mol. The Kier molecular flexibility index (Phi) is 8.77. The molecule has 8 heteroatoms. The van der Waals surface area contributed by atoms with Gasteiger partial charge >= 0.3 is 0 Å². The van der Waals surface area contributed by atoms with Gasteiger partial charge in [0, 0.05) is 23.7 Å². The van der Waals surface area contributed by atoms with E-state index in [0.717, 1.165) is 24.0 Å². The second-order valence-corrected chi connectivity index (χ2v) is 7.55. The molecule has 33 heavy (non-hydrogen) atoms. The van der Waals surface area contributed by atoms with Crippen molar-refractivity contribution < 1.29 is 19.6 Å². The van der Waals surface area contributed by atoms with Gasteiger partial charge in [0.1, 0.15) is 6.04 Å². The molecular weight excluding hydrogens is 420 g/mol. The van der Waals surface area contributed by atoms with Gasteiger partial charge in [0.05, 0.1) is 6.54 Å². The Bertz CT molecular complexity index is 1050. The van der Waals surface area contributed by atoms with Crippen LogP contribution in [0.3, 0.4) is 0 Å². The lowest BCUT2D eigenvalue weighted by molar-refractivity contribution is -0.131. The minimum atomic E-state index is -1.13. The first-order valence-corrected chi connectivity index (χ1v) is 10.6. The number of nitrogens with one attached hydrogen (secondary N) is 4. The molecule has 3 rings (SSSR count). The number of carbonyl (C=O) groups excluding carboxylic acids is 3. The first-order valence-electron chi connectivity index (χ1n) is 10.6. The number of hydrogen-bond donors (Lipinski definition) is 5. The SMILES string of the molecule is O=C(CNC1CC1)NC[C@H](NC(=O)c1ccc(C#C/C=C/c2ccccc2)cc1)C(=O)NO. The molecule has 1 saturated carbocycles. The van der Waals surface area contributed by atoms with Crippen LogP contribution in [0.15, 0.2) is 60.7 Å². The van der Waals surface area contributed by atoms with Crippen LogP contribution in [0.25, 0.3) is 6.08 Å². The zero-order chi connectivity index (χ0) is 23.5. The maximum Gasteiger partial charge on any atom is 0.267 e. The van der Waals surface area contributed by atoms with Crippen LogP contribution in [0.1, 0.15) is 34.3 Å². The number of rotatable bonds is 9. The summed E-state index contributed by atoms with van der Waals surface area (Å²) in [5.74, 6) is 4.29. The van der Waals surface area contributed by atoms with Crippen LogP contribution >= 0.6 is 0 Å². The van der Waals surface area contributed by atoms with Gasteiger partial charge in [0.2, 0.25) is 5.91 Å². The van der Waals surface area contributed by atoms with Crippen molar-refractivity contribution in [1.82, 2.24) is 21.4 Å². The van der Waals surface area contributed by atoms with E-state index in [1.54, 1.807) is 30.3 Å². The molecule has 0 unspecified atom stereocenters. The number of carbonyl (C=O) groups is 3. The van der Waals surface area contributed by atoms with Gasteiger partial charge in [0.25, 0.3) is 11.8 Å². The molecule has 8 nitrogen and oxygen atoms in total. The van der Waals surface area contributed by atoms with Crippen LogP contribution in [0, 0.1) is 11.8 Å². The van der Waals surface area contributed by atoms with Gasteiger partial charge in [0.15, 0.2) is 0 Å². The smallest absolute Gasteiger partial charge is 0.267 e. The zero-order valence-corrected chi connectivity index (χ0v) is 18.0. The molecule has 3 amide bonds. The molecular formula is C25H26N4O4. The third-order valence-electron chi connectivity index (χ3n) is 4.89. The molecule has 0 bridgehead atoms. The van der Waals surface area contributed by atoms with E-state index in [1.165, 1.54) is 5.48 Å². The molecule has 170 valence electrons. The topological polar surface area (TPSA) is 120 Å². The molecule has 0 spiro atoms. The van der Waals surface area contributed by atoms with Crippen LogP contribution in [-0.2, 0) is 9.59 Å². The molecule has 2 aromatic rings. The number of hydrogen-bond acceptors (Lipinski definition) is 5. The molecule has 1 aliphatic rings. The Morgan fingerprint density at radius 3 is 2.45 bits per heavy atom. The third kappa shape index (κ3) is 8.26. The summed E-state index contributed by atoms with van der Waals surface area (Å²) in [6, 6.07) is 15.6. The Labute approximate surface area is 192 Å². The molecule has 0 radical (unpaired) electrons. The highest BCUT2D eigenvalue weighted by Crippen LogP contribution is 2.17. The maximum absolute atomic E-state index is 12.5. The highest BCUT2D eigenvalue weighted by molar-refractivity contribution is 5.97. The third-order valence-corrected chi connectivity index (χ3v) is 4.89. The van der Waals surface area contributed by atoms with E-state index in [2.05, 4.69) is 27.8 Å². The average molecular weight is 447 g/mol. The van der Waals surface area contributed by atoms with Gasteiger partial charge in [-0.25, -0.2) is 5.48 Å². The summed E-state index contributed by atoms with van der Waals surface area (Å²) in [6.45, 7) is -0.0181. The summed E-state index contributed by atoms with van der Waals surface area (Å²) in [6.07, 6.45) is 5.76. The van der Waals surface area contributed by atoms with Crippen molar-refractivity contribution in [2.75, 3.05) is 13.1 Å². The lowest BCUT2D eigenvalue weighted by atomic mass is 10.1. The van der Waals surface area contributed by atoms with Gasteiger partial charge in [-0.1, -0.05) is 42.2 Å². The Morgan fingerprint density at radius 2 is 1.79 bits per heavy atom. The summed E-state index contributed by atoms with van der Waals surface area (Å²) >= 11 is 0. The number of allylic oxidation sites excluding steroid dienone is 1. The average Bonchev–Trinajstić information content (AvgIpc) is 3.68. The summed E-state index contributed by atoms with van der Waals surface area (Å²) in [4.78, 5) is 36.3. The molecule has 1 aliphatic carbocycles. The lowest BCUT2D eigenvalue weighted by Crippen LogP contribution is -2.52. The molecule has 2 aromatic carbocycles. The Morgan fingerprint density at radius 1 is 1.06 bits per heavy atom. The van der Waals surface area contributed by atoms with Crippen molar-refractivity contribution in [1.29, 1.82) is 0 Å². The van der Waals surface area contributed by atoms with E-state index < -0.39 is 17.9 Å². The molecule has 0 heterocycles. The first-order chi connectivity index (χ1) is 16.0. The summed E-state index contributed by atoms with van der Waals surface area (Å²) < 4.78 is 0. The minimum Gasteiger partial charge on any atom is -0.352 e. The maximum atomic E-state index is 12.5. The van der Waals surface area contributed by atoms with Crippen molar-refractivity contribution in [2.24, 2.45) is 0 Å². The van der Waals surface area contributed by atoms with Crippen LogP contribution < -0.4 is 21.4 Å². The molecule has 5 N–H and O–H groups in total. The first kappa shape index (κ1) is 23.7. The normalized spacial score (nSPS) is 13.5. The van der Waals surface area contributed by atoms with Gasteiger partial charge in [-0.2, -0.15) is 0 Å². The quantitative estimate of drug-likeness (QED) is 0.225. The standard InChI is InChI=1S/C25H26N4O4/c30-23(17-26-21-14-15-21)27-16-22(25(32)29-33)28-24(31)20-12-10-19(11-13-20)9-5-4-8-18-6-2-1-3-7-18/h1-4,6-8,10-13,21-22,26,33H,14-17H2,(H,27,30)(H,28,31)(H,29,32)/b8-4+/t22-/m0/s1. The lowest BCUT2D eigenvalue weighted by Gasteiger charge is -2.17. The highest BCUT2D eigenvalue weighted by atomic mass is 16.5. The largest absolute Gasteiger partial charge is 0.352 e. The molecule has 0 aromatic heterocycles. The number of benzene rings is 2. The second kappa shape index (κ2) is 12.2. The van der Waals surface area contributed by atoms with Crippen molar-refractivity contribution in [3.05, 3.63) is 77.4 Å². The fraction of sp³-hybridized carbons (Fsp3) is 0.240. The van der Waals surface area contributed by atoms with E-state index in [-0.39, 0.29) is 19.0 Å². The van der Waals surface area contributed by atoms with Gasteiger partial charge in [-0.15, -0.1) is 0 Å². The highest BCUT2D eigenvalue weighted by Gasteiger charge is 2.23. The van der Waals surface area contributed by atoms with E-state index in [9.17, 15) is 14.4 Å². The fourth-order valence-corrected chi connectivity index (χ4v) is 2.86. The van der Waals surface area contributed by atoms with Crippen LogP contribution in [0.2, 0.25) is 0 Å². The molecule has 1 fully saturated rings. The van der Waals surface area contributed by atoms with Crippen molar-refractivity contribution in [3.8, 4) is 11.8 Å². The Balaban J connectivity index is 1.52. The molecule has 0 aliphatic heterocycles. The summed E-state index contributed by atoms with van der Waals surface area (Å²) in [5, 5.41) is 17.1. The van der Waals surface area contributed by atoms with Crippen LogP contribution in [0.5, 0.6) is 0 Å². The number of amides is 3. The predicted molar refractivity (Wildman–Crippen MR) is 124 cm³/mol. The zero-order valence-electron chi connectivity index (χ0n) is 18.0. The van der Waals surface area contributed by atoms with E-state index >= 15 is 0 Å². The van der Waals surface area contributed by atoms with Crippen LogP contribution in [-0.4, -0.2) is 48.1 Å². The van der Waals surface area contributed by atoms with Gasteiger partial charge < -0.3 is 16.0 Å². The molecule has 0 saturated heterocycles. The second-order valence-electron chi connectivity index (χ2n) is 7.55. The van der Waals surface area contributed by atoms with Gasteiger partial charge in [-0.05, 0) is 54.8 Å². The van der Waals surface area contributed by atoms with Crippen molar-refractivity contribution in [3.63, 3.8) is 0 Å². The fourth-order valence-electron chi connectivity index (χ4n) is 2.86.